The second-order valence-electron chi connectivity index (χ2n) is 6.91. The molecule has 0 saturated heterocycles. The molecule has 1 aromatic carbocycles. The maximum Gasteiger partial charge on any atom is 0.319 e. The minimum Gasteiger partial charge on any atom is -0.390 e. The Hall–Kier alpha value is -1.66. The molecule has 2 saturated carbocycles. The van der Waals surface area contributed by atoms with Crippen LogP contribution in [-0.4, -0.2) is 35.0 Å². The van der Waals surface area contributed by atoms with Crippen LogP contribution in [0.2, 0.25) is 0 Å². The lowest BCUT2D eigenvalue weighted by Crippen LogP contribution is -2.42. The van der Waals surface area contributed by atoms with E-state index >= 15 is 0 Å². The Labute approximate surface area is 134 Å². The molecule has 5 nitrogen and oxygen atoms in total. The van der Waals surface area contributed by atoms with Crippen molar-refractivity contribution in [1.29, 1.82) is 0 Å². The van der Waals surface area contributed by atoms with E-state index in [9.17, 15) is 19.4 Å². The largest absolute Gasteiger partial charge is 0.390 e. The number of anilines is 1. The second kappa shape index (κ2) is 6.09. The first-order valence-corrected chi connectivity index (χ1v) is 8.04. The number of urea groups is 1. The van der Waals surface area contributed by atoms with E-state index in [4.69, 9.17) is 0 Å². The lowest BCUT2D eigenvalue weighted by Gasteiger charge is -2.29. The summed E-state index contributed by atoms with van der Waals surface area (Å²) in [4.78, 5) is 12.0. The monoisotopic (exact) mass is 322 g/mol. The van der Waals surface area contributed by atoms with Gasteiger partial charge >= 0.3 is 6.03 Å². The highest BCUT2D eigenvalue weighted by molar-refractivity contribution is 5.90. The third-order valence-electron chi connectivity index (χ3n) is 5.25. The first kappa shape index (κ1) is 16.2. The average Bonchev–Trinajstić information content (AvgIpc) is 3.01. The molecule has 1 aromatic rings. The fourth-order valence-electron chi connectivity index (χ4n) is 4.12. The Morgan fingerprint density at radius 1 is 1.26 bits per heavy atom. The zero-order chi connectivity index (χ0) is 16.7. The Bertz CT molecular complexity index is 597. The number of aliphatic hydroxyl groups excluding tert-OH is 2. The minimum absolute atomic E-state index is 0.0353. The third kappa shape index (κ3) is 3.05. The fourth-order valence-corrected chi connectivity index (χ4v) is 4.12. The van der Waals surface area contributed by atoms with E-state index in [0.717, 1.165) is 18.4 Å². The first-order chi connectivity index (χ1) is 10.9. The summed E-state index contributed by atoms with van der Waals surface area (Å²) in [7, 11) is 0. The molecule has 3 rings (SSSR count). The van der Waals surface area contributed by atoms with E-state index in [1.165, 1.54) is 6.07 Å². The normalized spacial score (nSPS) is 32.1. The number of aliphatic hydroxyl groups is 2. The Morgan fingerprint density at radius 3 is 2.61 bits per heavy atom. The van der Waals surface area contributed by atoms with Gasteiger partial charge in [0, 0.05) is 6.54 Å². The summed E-state index contributed by atoms with van der Waals surface area (Å²) in [5, 5.41) is 25.0. The van der Waals surface area contributed by atoms with Gasteiger partial charge in [-0.1, -0.05) is 6.07 Å². The minimum atomic E-state index is -0.694. The van der Waals surface area contributed by atoms with Crippen LogP contribution in [-0.2, 0) is 0 Å². The number of aryl methyl sites for hydroxylation is 2. The van der Waals surface area contributed by atoms with Crippen LogP contribution >= 0.6 is 0 Å². The molecule has 0 heterocycles. The topological polar surface area (TPSA) is 81.6 Å². The lowest BCUT2D eigenvalue weighted by atomic mass is 9.85. The van der Waals surface area contributed by atoms with Crippen molar-refractivity contribution in [1.82, 2.24) is 5.32 Å². The first-order valence-electron chi connectivity index (χ1n) is 8.04. The number of rotatable bonds is 3. The number of hydrogen-bond acceptors (Lipinski definition) is 3. The molecule has 2 bridgehead atoms. The molecule has 0 aromatic heterocycles. The quantitative estimate of drug-likeness (QED) is 0.686. The van der Waals surface area contributed by atoms with Gasteiger partial charge in [-0.2, -0.15) is 0 Å². The molecular formula is C17H23FN2O3. The molecule has 23 heavy (non-hydrogen) atoms. The van der Waals surface area contributed by atoms with Gasteiger partial charge in [0.25, 0.3) is 0 Å². The summed E-state index contributed by atoms with van der Waals surface area (Å²) in [6.45, 7) is 3.97. The second-order valence-corrected chi connectivity index (χ2v) is 6.91. The average molecular weight is 322 g/mol. The zero-order valence-corrected chi connectivity index (χ0v) is 13.3. The van der Waals surface area contributed by atoms with Crippen LogP contribution in [0.5, 0.6) is 0 Å². The van der Waals surface area contributed by atoms with Gasteiger partial charge in [-0.3, -0.25) is 0 Å². The van der Waals surface area contributed by atoms with E-state index in [1.54, 1.807) is 13.8 Å². The Kier molecular flexibility index (Phi) is 4.29. The smallest absolute Gasteiger partial charge is 0.319 e. The van der Waals surface area contributed by atoms with Crippen molar-refractivity contribution < 1.29 is 19.4 Å². The van der Waals surface area contributed by atoms with Crippen LogP contribution < -0.4 is 10.6 Å². The molecule has 2 aliphatic rings. The number of hydrogen-bond donors (Lipinski definition) is 4. The molecule has 2 amide bonds. The van der Waals surface area contributed by atoms with Crippen LogP contribution in [0.15, 0.2) is 12.1 Å². The number of fused-ring (bicyclic) bond motifs is 2. The van der Waals surface area contributed by atoms with Gasteiger partial charge in [-0.15, -0.1) is 0 Å². The molecule has 0 spiro atoms. The van der Waals surface area contributed by atoms with Crippen molar-refractivity contribution in [2.45, 2.75) is 38.9 Å². The van der Waals surface area contributed by atoms with Crippen LogP contribution in [0.25, 0.3) is 0 Å². The van der Waals surface area contributed by atoms with E-state index in [2.05, 4.69) is 10.6 Å². The predicted octanol–water partition coefficient (Wildman–Crippen LogP) is 1.94. The standard InChI is InChI=1S/C17H23FN2O3/c1-8-3-9(2)14(13(18)4-8)20-17(23)19-7-11-5-10-6-12(11)16(22)15(10)21/h3-4,10-12,15-16,21-22H,5-7H2,1-2H3,(H2,19,20,23)/t10-,11-,12-,15+,16-/m0/s1. The molecular weight excluding hydrogens is 299 g/mol. The number of nitrogens with one attached hydrogen (secondary N) is 2. The predicted molar refractivity (Wildman–Crippen MR) is 84.6 cm³/mol. The molecule has 4 N–H and O–H groups in total. The summed E-state index contributed by atoms with van der Waals surface area (Å²) in [6, 6.07) is 2.75. The summed E-state index contributed by atoms with van der Waals surface area (Å²) >= 11 is 0. The van der Waals surface area contributed by atoms with Crippen molar-refractivity contribution in [2.24, 2.45) is 17.8 Å². The van der Waals surface area contributed by atoms with Crippen LogP contribution in [0.1, 0.15) is 24.0 Å². The molecule has 6 heteroatoms. The molecule has 0 unspecified atom stereocenters. The van der Waals surface area contributed by atoms with Gasteiger partial charge in [0.05, 0.1) is 17.9 Å². The molecule has 0 radical (unpaired) electrons. The summed E-state index contributed by atoms with van der Waals surface area (Å²) in [5.41, 5.74) is 1.67. The highest BCUT2D eigenvalue weighted by Crippen LogP contribution is 2.48. The SMILES string of the molecule is Cc1cc(C)c(NC(=O)NC[C@@H]2C[C@H]3C[C@@H]2[C@H](O)[C@@H]3O)c(F)c1. The van der Waals surface area contributed by atoms with Crippen molar-refractivity contribution >= 4 is 11.7 Å². The highest BCUT2D eigenvalue weighted by atomic mass is 19.1. The van der Waals surface area contributed by atoms with E-state index in [0.29, 0.717) is 12.1 Å². The van der Waals surface area contributed by atoms with Gasteiger partial charge in [0.2, 0.25) is 0 Å². The van der Waals surface area contributed by atoms with Crippen LogP contribution in [0.3, 0.4) is 0 Å². The highest BCUT2D eigenvalue weighted by Gasteiger charge is 2.51. The summed E-state index contributed by atoms with van der Waals surface area (Å²) < 4.78 is 13.9. The number of carbonyl (C=O) groups is 1. The van der Waals surface area contributed by atoms with Crippen LogP contribution in [0, 0.1) is 37.4 Å². The van der Waals surface area contributed by atoms with Crippen LogP contribution in [0.4, 0.5) is 14.9 Å². The van der Waals surface area contributed by atoms with E-state index in [-0.39, 0.29) is 23.4 Å². The molecule has 2 aliphatic carbocycles. The van der Waals surface area contributed by atoms with Crippen molar-refractivity contribution in [3.8, 4) is 0 Å². The molecule has 0 aliphatic heterocycles. The maximum absolute atomic E-state index is 13.9. The number of amides is 2. The lowest BCUT2D eigenvalue weighted by molar-refractivity contribution is -0.0330. The molecule has 2 fully saturated rings. The summed E-state index contributed by atoms with van der Waals surface area (Å²) in [5.74, 6) is -0.126. The number of halogens is 1. The Morgan fingerprint density at radius 2 is 2.00 bits per heavy atom. The van der Waals surface area contributed by atoms with Gasteiger partial charge in [0.15, 0.2) is 0 Å². The van der Waals surface area contributed by atoms with Gasteiger partial charge in [0.1, 0.15) is 5.82 Å². The number of benzene rings is 1. The van der Waals surface area contributed by atoms with Crippen molar-refractivity contribution in [3.05, 3.63) is 29.1 Å². The fraction of sp³-hybridized carbons (Fsp3) is 0.588. The van der Waals surface area contributed by atoms with Crippen molar-refractivity contribution in [2.75, 3.05) is 11.9 Å². The van der Waals surface area contributed by atoms with E-state index in [1.807, 2.05) is 6.07 Å². The molecule has 126 valence electrons. The van der Waals surface area contributed by atoms with Crippen molar-refractivity contribution in [3.63, 3.8) is 0 Å². The van der Waals surface area contributed by atoms with Gasteiger partial charge < -0.3 is 20.8 Å². The van der Waals surface area contributed by atoms with Gasteiger partial charge in [-0.25, -0.2) is 9.18 Å². The van der Waals surface area contributed by atoms with Gasteiger partial charge in [-0.05, 0) is 61.6 Å². The number of carbonyl (C=O) groups excluding carboxylic acids is 1. The third-order valence-corrected chi connectivity index (χ3v) is 5.25. The Balaban J connectivity index is 1.55. The summed E-state index contributed by atoms with van der Waals surface area (Å²) in [6.07, 6.45) is 0.290. The zero-order valence-electron chi connectivity index (χ0n) is 13.3. The molecule has 5 atom stereocenters. The van der Waals surface area contributed by atoms with E-state index < -0.39 is 24.1 Å². The maximum atomic E-state index is 13.9.